The third-order valence-corrected chi connectivity index (χ3v) is 4.54. The summed E-state index contributed by atoms with van der Waals surface area (Å²) in [5, 5.41) is 12.4. The lowest BCUT2D eigenvalue weighted by molar-refractivity contribution is -0.168. The molecule has 2 rings (SSSR count). The SMILES string of the molecule is CCOC(=O)C1(C(=O)OCC)c2cc(OC)ccc2NC1(C)CC(=O)O. The van der Waals surface area contributed by atoms with Crippen LogP contribution >= 0.6 is 0 Å². The van der Waals surface area contributed by atoms with E-state index >= 15 is 0 Å². The van der Waals surface area contributed by atoms with Gasteiger partial charge in [-0.05, 0) is 39.0 Å². The van der Waals surface area contributed by atoms with Crippen molar-refractivity contribution in [2.75, 3.05) is 25.6 Å². The van der Waals surface area contributed by atoms with Crippen LogP contribution in [0, 0.1) is 0 Å². The number of carbonyl (C=O) groups is 3. The van der Waals surface area contributed by atoms with Gasteiger partial charge in [-0.2, -0.15) is 0 Å². The number of nitrogens with one attached hydrogen (secondary N) is 1. The summed E-state index contributed by atoms with van der Waals surface area (Å²) >= 11 is 0. The number of carboxylic acids is 1. The van der Waals surface area contributed by atoms with Gasteiger partial charge in [0.05, 0.1) is 32.3 Å². The first-order chi connectivity index (χ1) is 12.3. The van der Waals surface area contributed by atoms with Gasteiger partial charge in [-0.15, -0.1) is 0 Å². The zero-order valence-electron chi connectivity index (χ0n) is 15.3. The normalized spacial score (nSPS) is 19.8. The minimum absolute atomic E-state index is 0.0302. The Morgan fingerprint density at radius 1 is 1.12 bits per heavy atom. The minimum Gasteiger partial charge on any atom is -0.497 e. The number of anilines is 1. The molecule has 26 heavy (non-hydrogen) atoms. The number of rotatable bonds is 7. The van der Waals surface area contributed by atoms with Crippen LogP contribution in [0.15, 0.2) is 18.2 Å². The first-order valence-electron chi connectivity index (χ1n) is 8.29. The third kappa shape index (κ3) is 2.85. The molecule has 0 radical (unpaired) electrons. The summed E-state index contributed by atoms with van der Waals surface area (Å²) in [4.78, 5) is 37.6. The van der Waals surface area contributed by atoms with Gasteiger partial charge < -0.3 is 24.6 Å². The largest absolute Gasteiger partial charge is 0.497 e. The predicted molar refractivity (Wildman–Crippen MR) is 92.2 cm³/mol. The van der Waals surface area contributed by atoms with Gasteiger partial charge in [-0.25, -0.2) is 0 Å². The minimum atomic E-state index is -1.97. The van der Waals surface area contributed by atoms with Gasteiger partial charge in [-0.3, -0.25) is 14.4 Å². The van der Waals surface area contributed by atoms with Crippen molar-refractivity contribution < 1.29 is 33.7 Å². The summed E-state index contributed by atoms with van der Waals surface area (Å²) in [6.45, 7) is 4.78. The third-order valence-electron chi connectivity index (χ3n) is 4.54. The van der Waals surface area contributed by atoms with Crippen molar-refractivity contribution in [3.05, 3.63) is 23.8 Å². The predicted octanol–water partition coefficient (Wildman–Crippen LogP) is 1.72. The number of benzene rings is 1. The van der Waals surface area contributed by atoms with Crippen LogP contribution in [-0.4, -0.2) is 48.9 Å². The molecule has 1 aliphatic rings. The van der Waals surface area contributed by atoms with E-state index < -0.39 is 35.3 Å². The van der Waals surface area contributed by atoms with Gasteiger partial charge in [0.1, 0.15) is 5.75 Å². The van der Waals surface area contributed by atoms with Crippen molar-refractivity contribution >= 4 is 23.6 Å². The van der Waals surface area contributed by atoms with Gasteiger partial charge in [-0.1, -0.05) is 0 Å². The molecule has 0 fully saturated rings. The zero-order chi connectivity index (χ0) is 19.5. The Balaban J connectivity index is 2.80. The molecule has 1 heterocycles. The molecular weight excluding hydrogens is 342 g/mol. The van der Waals surface area contributed by atoms with Gasteiger partial charge >= 0.3 is 17.9 Å². The van der Waals surface area contributed by atoms with Crippen molar-refractivity contribution in [1.82, 2.24) is 0 Å². The Labute approximate surface area is 151 Å². The highest BCUT2D eigenvalue weighted by Gasteiger charge is 2.68. The van der Waals surface area contributed by atoms with E-state index in [1.54, 1.807) is 26.0 Å². The van der Waals surface area contributed by atoms with E-state index in [-0.39, 0.29) is 18.8 Å². The lowest BCUT2D eigenvalue weighted by Crippen LogP contribution is -2.61. The van der Waals surface area contributed by atoms with Crippen LogP contribution in [-0.2, 0) is 29.3 Å². The fourth-order valence-corrected chi connectivity index (χ4v) is 3.47. The van der Waals surface area contributed by atoms with Crippen LogP contribution < -0.4 is 10.1 Å². The van der Waals surface area contributed by atoms with E-state index in [0.717, 1.165) is 0 Å². The van der Waals surface area contributed by atoms with Crippen molar-refractivity contribution in [3.8, 4) is 5.75 Å². The molecule has 1 aromatic rings. The lowest BCUT2D eigenvalue weighted by Gasteiger charge is -2.38. The summed E-state index contributed by atoms with van der Waals surface area (Å²) in [5.74, 6) is -2.47. The molecule has 0 aromatic heterocycles. The van der Waals surface area contributed by atoms with Crippen LogP contribution in [0.3, 0.4) is 0 Å². The van der Waals surface area contributed by atoms with Crippen LogP contribution in [0.25, 0.3) is 0 Å². The average Bonchev–Trinajstić information content (AvgIpc) is 2.81. The monoisotopic (exact) mass is 365 g/mol. The lowest BCUT2D eigenvalue weighted by atomic mass is 9.66. The molecule has 0 spiro atoms. The van der Waals surface area contributed by atoms with Crippen LogP contribution in [0.2, 0.25) is 0 Å². The topological polar surface area (TPSA) is 111 Å². The standard InChI is InChI=1S/C18H23NO7/c1-5-25-15(22)18(16(23)26-6-2)12-9-11(24-4)7-8-13(12)19-17(18,3)10-14(20)21/h7-9,19H,5-6,10H2,1-4H3,(H,20,21). The van der Waals surface area contributed by atoms with E-state index in [0.29, 0.717) is 11.4 Å². The Bertz CT molecular complexity index is 712. The van der Waals surface area contributed by atoms with E-state index in [4.69, 9.17) is 14.2 Å². The van der Waals surface area contributed by atoms with Gasteiger partial charge in [0.15, 0.2) is 0 Å². The van der Waals surface area contributed by atoms with Crippen LogP contribution in [0.5, 0.6) is 5.75 Å². The highest BCUT2D eigenvalue weighted by atomic mass is 16.6. The summed E-state index contributed by atoms with van der Waals surface area (Å²) in [6.07, 6.45) is -0.498. The Morgan fingerprint density at radius 2 is 1.69 bits per heavy atom. The number of fused-ring (bicyclic) bond motifs is 1. The van der Waals surface area contributed by atoms with Gasteiger partial charge in [0.25, 0.3) is 0 Å². The van der Waals surface area contributed by atoms with Crippen LogP contribution in [0.1, 0.15) is 32.8 Å². The quantitative estimate of drug-likeness (QED) is 0.555. The number of esters is 2. The number of methoxy groups -OCH3 is 1. The second-order valence-corrected chi connectivity index (χ2v) is 6.13. The number of ether oxygens (including phenoxy) is 3. The number of aliphatic carboxylic acids is 1. The van der Waals surface area contributed by atoms with Crippen LogP contribution in [0.4, 0.5) is 5.69 Å². The second kappa shape index (κ2) is 7.23. The molecule has 0 aliphatic carbocycles. The fourth-order valence-electron chi connectivity index (χ4n) is 3.47. The first kappa shape index (κ1) is 19.6. The molecule has 0 saturated carbocycles. The summed E-state index contributed by atoms with van der Waals surface area (Å²) < 4.78 is 15.6. The zero-order valence-corrected chi connectivity index (χ0v) is 15.3. The maximum Gasteiger partial charge on any atom is 0.330 e. The number of hydrogen-bond acceptors (Lipinski definition) is 7. The van der Waals surface area contributed by atoms with Crippen molar-refractivity contribution in [2.24, 2.45) is 0 Å². The van der Waals surface area contributed by atoms with E-state index in [9.17, 15) is 19.5 Å². The highest BCUT2D eigenvalue weighted by Crippen LogP contribution is 2.52. The maximum absolute atomic E-state index is 13.0. The highest BCUT2D eigenvalue weighted by molar-refractivity contribution is 6.12. The van der Waals surface area contributed by atoms with E-state index in [2.05, 4.69) is 5.32 Å². The van der Waals surface area contributed by atoms with Gasteiger partial charge in [0.2, 0.25) is 5.41 Å². The van der Waals surface area contributed by atoms with E-state index in [1.807, 2.05) is 0 Å². The molecule has 0 amide bonds. The van der Waals surface area contributed by atoms with Crippen molar-refractivity contribution in [1.29, 1.82) is 0 Å². The smallest absolute Gasteiger partial charge is 0.330 e. The Hall–Kier alpha value is -2.77. The second-order valence-electron chi connectivity index (χ2n) is 6.13. The molecule has 1 unspecified atom stereocenters. The molecule has 2 N–H and O–H groups in total. The molecule has 8 heteroatoms. The summed E-state index contributed by atoms with van der Waals surface area (Å²) in [6, 6.07) is 4.82. The van der Waals surface area contributed by atoms with Crippen molar-refractivity contribution in [2.45, 2.75) is 38.1 Å². The van der Waals surface area contributed by atoms with Crippen molar-refractivity contribution in [3.63, 3.8) is 0 Å². The first-order valence-corrected chi connectivity index (χ1v) is 8.29. The van der Waals surface area contributed by atoms with Gasteiger partial charge in [0, 0.05) is 11.3 Å². The molecular formula is C18H23NO7. The fraction of sp³-hybridized carbons (Fsp3) is 0.500. The Kier molecular flexibility index (Phi) is 5.44. The molecule has 1 aromatic carbocycles. The molecule has 8 nitrogen and oxygen atoms in total. The average molecular weight is 365 g/mol. The summed E-state index contributed by atoms with van der Waals surface area (Å²) in [5.41, 5.74) is -2.72. The molecule has 1 atom stereocenters. The number of carboxylic acid groups (broad SMARTS) is 1. The Morgan fingerprint density at radius 3 is 2.15 bits per heavy atom. The number of hydrogen-bond donors (Lipinski definition) is 2. The molecule has 0 saturated heterocycles. The molecule has 1 aliphatic heterocycles. The maximum atomic E-state index is 13.0. The number of carbonyl (C=O) groups excluding carboxylic acids is 2. The summed E-state index contributed by atoms with van der Waals surface area (Å²) in [7, 11) is 1.46. The molecule has 0 bridgehead atoms. The molecule has 142 valence electrons. The van der Waals surface area contributed by atoms with E-state index in [1.165, 1.54) is 20.1 Å².